The molecule has 0 fully saturated rings. The largest absolute Gasteiger partial charge is 0.481 e. The minimum atomic E-state index is -0.643. The number of allylic oxidation sites excluding steroid dienone is 3. The van der Waals surface area contributed by atoms with Crippen LogP contribution in [0.4, 0.5) is 0 Å². The van der Waals surface area contributed by atoms with Gasteiger partial charge in [-0.15, -0.1) is 0 Å². The van der Waals surface area contributed by atoms with Crippen LogP contribution >= 0.6 is 0 Å². The highest BCUT2D eigenvalue weighted by atomic mass is 16.4. The lowest BCUT2D eigenvalue weighted by Gasteiger charge is -2.29. The number of aliphatic carboxylic acids is 1. The maximum Gasteiger partial charge on any atom is 0.314 e. The van der Waals surface area contributed by atoms with Crippen molar-refractivity contribution >= 4 is 5.97 Å². The zero-order valence-electron chi connectivity index (χ0n) is 8.33. The summed E-state index contributed by atoms with van der Waals surface area (Å²) in [6.45, 7) is 0. The van der Waals surface area contributed by atoms with Gasteiger partial charge in [-0.2, -0.15) is 0 Å². The molecule has 2 heteroatoms. The Morgan fingerprint density at radius 1 is 1.29 bits per heavy atom. The van der Waals surface area contributed by atoms with Crippen molar-refractivity contribution in [2.75, 3.05) is 0 Å². The highest BCUT2D eigenvalue weighted by Gasteiger charge is 2.42. The van der Waals surface area contributed by atoms with Gasteiger partial charge in [0.1, 0.15) is 0 Å². The number of carboxylic acid groups (broad SMARTS) is 1. The Bertz CT molecular complexity index is 291. The van der Waals surface area contributed by atoms with E-state index in [2.05, 4.69) is 6.08 Å². The van der Waals surface area contributed by atoms with Gasteiger partial charge in [-0.1, -0.05) is 23.8 Å². The third kappa shape index (κ3) is 1.39. The fourth-order valence-electron chi connectivity index (χ4n) is 2.50. The van der Waals surface area contributed by atoms with Crippen molar-refractivity contribution in [1.82, 2.24) is 0 Å². The second-order valence-electron chi connectivity index (χ2n) is 4.24. The standard InChI is InChI=1S/C12H16O2/c13-11(14)12(8-4-5-9-12)10-6-2-1-3-7-10/h4-6H,1-3,7-9H2,(H,13,14). The average molecular weight is 192 g/mol. The molecule has 0 radical (unpaired) electrons. The zero-order chi connectivity index (χ0) is 10.0. The Balaban J connectivity index is 2.26. The van der Waals surface area contributed by atoms with Crippen molar-refractivity contribution in [3.8, 4) is 0 Å². The van der Waals surface area contributed by atoms with Crippen LogP contribution < -0.4 is 0 Å². The van der Waals surface area contributed by atoms with E-state index in [1.54, 1.807) is 0 Å². The molecule has 1 N–H and O–H groups in total. The van der Waals surface area contributed by atoms with Crippen molar-refractivity contribution in [3.63, 3.8) is 0 Å². The fraction of sp³-hybridized carbons (Fsp3) is 0.583. The second-order valence-corrected chi connectivity index (χ2v) is 4.24. The zero-order valence-corrected chi connectivity index (χ0v) is 8.33. The normalized spacial score (nSPS) is 24.7. The Morgan fingerprint density at radius 3 is 2.50 bits per heavy atom. The van der Waals surface area contributed by atoms with Gasteiger partial charge in [-0.3, -0.25) is 4.79 Å². The van der Waals surface area contributed by atoms with Gasteiger partial charge < -0.3 is 5.11 Å². The van der Waals surface area contributed by atoms with Crippen LogP contribution in [-0.4, -0.2) is 11.1 Å². The molecule has 0 aliphatic heterocycles. The van der Waals surface area contributed by atoms with Crippen molar-refractivity contribution < 1.29 is 9.90 Å². The minimum Gasteiger partial charge on any atom is -0.481 e. The maximum atomic E-state index is 11.3. The third-order valence-corrected chi connectivity index (χ3v) is 3.41. The summed E-state index contributed by atoms with van der Waals surface area (Å²) >= 11 is 0. The molecule has 0 amide bonds. The molecule has 0 aromatic carbocycles. The van der Waals surface area contributed by atoms with E-state index in [1.807, 2.05) is 12.2 Å². The number of hydrogen-bond acceptors (Lipinski definition) is 1. The molecule has 2 aliphatic rings. The van der Waals surface area contributed by atoms with E-state index in [9.17, 15) is 9.90 Å². The molecule has 14 heavy (non-hydrogen) atoms. The third-order valence-electron chi connectivity index (χ3n) is 3.41. The molecule has 2 rings (SSSR count). The lowest BCUT2D eigenvalue weighted by Crippen LogP contribution is -2.31. The second kappa shape index (κ2) is 3.60. The summed E-state index contributed by atoms with van der Waals surface area (Å²) in [4.78, 5) is 11.3. The summed E-state index contributed by atoms with van der Waals surface area (Å²) in [5.74, 6) is -0.643. The molecule has 76 valence electrons. The molecule has 0 atom stereocenters. The van der Waals surface area contributed by atoms with E-state index in [1.165, 1.54) is 12.0 Å². The van der Waals surface area contributed by atoms with E-state index in [0.29, 0.717) is 12.8 Å². The molecular formula is C12H16O2. The van der Waals surface area contributed by atoms with E-state index in [0.717, 1.165) is 19.3 Å². The lowest BCUT2D eigenvalue weighted by atomic mass is 9.74. The maximum absolute atomic E-state index is 11.3. The van der Waals surface area contributed by atoms with Crippen LogP contribution in [0.1, 0.15) is 38.5 Å². The molecule has 2 aliphatic carbocycles. The molecule has 0 heterocycles. The Hall–Kier alpha value is -1.05. The lowest BCUT2D eigenvalue weighted by molar-refractivity contribution is -0.146. The molecule has 0 saturated heterocycles. The van der Waals surface area contributed by atoms with Gasteiger partial charge in [-0.25, -0.2) is 0 Å². The topological polar surface area (TPSA) is 37.3 Å². The molecule has 0 saturated carbocycles. The molecule has 0 aromatic rings. The Morgan fingerprint density at radius 2 is 2.00 bits per heavy atom. The van der Waals surface area contributed by atoms with E-state index >= 15 is 0 Å². The summed E-state index contributed by atoms with van der Waals surface area (Å²) in [6, 6.07) is 0. The summed E-state index contributed by atoms with van der Waals surface area (Å²) in [6.07, 6.45) is 12.0. The van der Waals surface area contributed by atoms with Crippen molar-refractivity contribution in [2.45, 2.75) is 38.5 Å². The van der Waals surface area contributed by atoms with Gasteiger partial charge >= 0.3 is 5.97 Å². The van der Waals surface area contributed by atoms with Crippen molar-refractivity contribution in [1.29, 1.82) is 0 Å². The predicted octanol–water partition coefficient (Wildman–Crippen LogP) is 2.91. The first-order chi connectivity index (χ1) is 6.76. The van der Waals surface area contributed by atoms with Crippen LogP contribution in [-0.2, 0) is 4.79 Å². The summed E-state index contributed by atoms with van der Waals surface area (Å²) < 4.78 is 0. The molecule has 0 aromatic heterocycles. The average Bonchev–Trinajstić information content (AvgIpc) is 2.69. The number of rotatable bonds is 2. The number of carbonyl (C=O) groups is 1. The SMILES string of the molecule is O=C(O)C1(C2=CCCCC2)CC=CC1. The number of carboxylic acids is 1. The summed E-state index contributed by atoms with van der Waals surface area (Å²) in [5.41, 5.74) is 0.599. The van der Waals surface area contributed by atoms with Crippen LogP contribution in [0.3, 0.4) is 0 Å². The molecule has 0 spiro atoms. The molecule has 2 nitrogen and oxygen atoms in total. The van der Waals surface area contributed by atoms with Gasteiger partial charge in [0.2, 0.25) is 0 Å². The van der Waals surface area contributed by atoms with Crippen LogP contribution in [0.5, 0.6) is 0 Å². The van der Waals surface area contributed by atoms with Crippen LogP contribution in [0.25, 0.3) is 0 Å². The smallest absolute Gasteiger partial charge is 0.314 e. The number of hydrogen-bond donors (Lipinski definition) is 1. The Labute approximate surface area is 84.3 Å². The monoisotopic (exact) mass is 192 g/mol. The quantitative estimate of drug-likeness (QED) is 0.683. The van der Waals surface area contributed by atoms with E-state index in [-0.39, 0.29) is 0 Å². The van der Waals surface area contributed by atoms with Gasteiger partial charge in [0.25, 0.3) is 0 Å². The van der Waals surface area contributed by atoms with E-state index in [4.69, 9.17) is 0 Å². The summed E-state index contributed by atoms with van der Waals surface area (Å²) in [5, 5.41) is 9.34. The van der Waals surface area contributed by atoms with Gasteiger partial charge in [-0.05, 0) is 38.5 Å². The highest BCUT2D eigenvalue weighted by molar-refractivity contribution is 5.80. The van der Waals surface area contributed by atoms with Gasteiger partial charge in [0, 0.05) is 0 Å². The molecule has 0 unspecified atom stereocenters. The van der Waals surface area contributed by atoms with Crippen molar-refractivity contribution in [3.05, 3.63) is 23.8 Å². The highest BCUT2D eigenvalue weighted by Crippen LogP contribution is 2.44. The fourth-order valence-corrected chi connectivity index (χ4v) is 2.50. The first kappa shape index (κ1) is 9.50. The van der Waals surface area contributed by atoms with Crippen LogP contribution in [0.15, 0.2) is 23.8 Å². The first-order valence-electron chi connectivity index (χ1n) is 5.34. The van der Waals surface area contributed by atoms with E-state index < -0.39 is 11.4 Å². The summed E-state index contributed by atoms with van der Waals surface area (Å²) in [7, 11) is 0. The van der Waals surface area contributed by atoms with Crippen LogP contribution in [0.2, 0.25) is 0 Å². The van der Waals surface area contributed by atoms with Gasteiger partial charge in [0.05, 0.1) is 5.41 Å². The molecule has 0 bridgehead atoms. The van der Waals surface area contributed by atoms with Gasteiger partial charge in [0.15, 0.2) is 0 Å². The van der Waals surface area contributed by atoms with Crippen molar-refractivity contribution in [2.24, 2.45) is 5.41 Å². The van der Waals surface area contributed by atoms with Crippen LogP contribution in [0, 0.1) is 5.41 Å². The predicted molar refractivity (Wildman–Crippen MR) is 55.0 cm³/mol. The first-order valence-corrected chi connectivity index (χ1v) is 5.34. The Kier molecular flexibility index (Phi) is 2.44. The molecular weight excluding hydrogens is 176 g/mol. The minimum absolute atomic E-state index is 0.569.